The SMILES string of the molecule is O=C1C[C@@H](c2cccc(Br)c2)N([S@](=O)Oc2ccccc2)c2ccccc21. The molecule has 0 spiro atoms. The lowest BCUT2D eigenvalue weighted by Crippen LogP contribution is -2.38. The van der Waals surface area contributed by atoms with Crippen LogP contribution in [0, 0.1) is 0 Å². The van der Waals surface area contributed by atoms with E-state index in [1.165, 1.54) is 0 Å². The van der Waals surface area contributed by atoms with Crippen LogP contribution in [0.2, 0.25) is 0 Å². The van der Waals surface area contributed by atoms with Gasteiger partial charge in [-0.1, -0.05) is 58.4 Å². The third kappa shape index (κ3) is 3.68. The highest BCUT2D eigenvalue weighted by Crippen LogP contribution is 2.40. The van der Waals surface area contributed by atoms with Crippen molar-refractivity contribution in [2.75, 3.05) is 4.31 Å². The lowest BCUT2D eigenvalue weighted by molar-refractivity contribution is 0.0969. The molecule has 0 radical (unpaired) electrons. The summed E-state index contributed by atoms with van der Waals surface area (Å²) in [5.74, 6) is 0.543. The molecule has 0 fully saturated rings. The van der Waals surface area contributed by atoms with Gasteiger partial charge in [0.05, 0.1) is 11.7 Å². The van der Waals surface area contributed by atoms with Crippen molar-refractivity contribution in [3.05, 3.63) is 94.5 Å². The number of rotatable bonds is 4. The molecule has 2 atom stereocenters. The normalized spacial score (nSPS) is 17.3. The smallest absolute Gasteiger partial charge is 0.319 e. The summed E-state index contributed by atoms with van der Waals surface area (Å²) in [7, 11) is 0. The van der Waals surface area contributed by atoms with Crippen LogP contribution in [0.15, 0.2) is 83.3 Å². The molecule has 6 heteroatoms. The summed E-state index contributed by atoms with van der Waals surface area (Å²) in [6.45, 7) is 0. The van der Waals surface area contributed by atoms with Gasteiger partial charge in [0.1, 0.15) is 5.75 Å². The van der Waals surface area contributed by atoms with Crippen molar-refractivity contribution >= 4 is 38.7 Å². The lowest BCUT2D eigenvalue weighted by atomic mass is 9.92. The minimum atomic E-state index is -1.81. The van der Waals surface area contributed by atoms with Crippen molar-refractivity contribution in [1.82, 2.24) is 0 Å². The molecule has 4 rings (SSSR count). The van der Waals surface area contributed by atoms with Crippen molar-refractivity contribution in [2.45, 2.75) is 12.5 Å². The van der Waals surface area contributed by atoms with E-state index in [-0.39, 0.29) is 18.2 Å². The van der Waals surface area contributed by atoms with E-state index in [4.69, 9.17) is 4.18 Å². The van der Waals surface area contributed by atoms with Crippen LogP contribution in [0.4, 0.5) is 5.69 Å². The van der Waals surface area contributed by atoms with Crippen LogP contribution in [0.25, 0.3) is 0 Å². The topological polar surface area (TPSA) is 46.6 Å². The molecule has 1 heterocycles. The molecule has 136 valence electrons. The molecule has 0 aromatic heterocycles. The number of Topliss-reactive ketones (excluding diaryl/α,β-unsaturated/α-hetero) is 1. The molecule has 0 unspecified atom stereocenters. The quantitative estimate of drug-likeness (QED) is 0.555. The Balaban J connectivity index is 1.78. The number of carbonyl (C=O) groups excluding carboxylic acids is 1. The molecule has 0 saturated heterocycles. The molecule has 0 amide bonds. The highest BCUT2D eigenvalue weighted by Gasteiger charge is 2.36. The maximum atomic E-state index is 13.2. The third-order valence-corrected chi connectivity index (χ3v) is 6.01. The molecule has 0 N–H and O–H groups in total. The first-order valence-corrected chi connectivity index (χ1v) is 10.3. The van der Waals surface area contributed by atoms with Crippen molar-refractivity contribution < 1.29 is 13.2 Å². The second-order valence-corrected chi connectivity index (χ2v) is 8.06. The summed E-state index contributed by atoms with van der Waals surface area (Å²) in [6.07, 6.45) is 0.233. The number of para-hydroxylation sites is 2. The van der Waals surface area contributed by atoms with Crippen LogP contribution in [-0.4, -0.2) is 9.99 Å². The predicted octanol–water partition coefficient (Wildman–Crippen LogP) is 5.24. The Hall–Kier alpha value is -2.44. The summed E-state index contributed by atoms with van der Waals surface area (Å²) >= 11 is 1.67. The average molecular weight is 442 g/mol. The zero-order valence-electron chi connectivity index (χ0n) is 14.2. The number of benzene rings is 3. The number of halogens is 1. The van der Waals surface area contributed by atoms with E-state index >= 15 is 0 Å². The van der Waals surface area contributed by atoms with Gasteiger partial charge in [0, 0.05) is 16.5 Å². The van der Waals surface area contributed by atoms with Gasteiger partial charge in [-0.25, -0.2) is 0 Å². The van der Waals surface area contributed by atoms with E-state index < -0.39 is 11.3 Å². The van der Waals surface area contributed by atoms with Gasteiger partial charge in [0.2, 0.25) is 0 Å². The minimum Gasteiger partial charge on any atom is -0.385 e. The van der Waals surface area contributed by atoms with E-state index in [0.717, 1.165) is 10.0 Å². The van der Waals surface area contributed by atoms with Crippen molar-refractivity contribution in [3.8, 4) is 5.75 Å². The molecule has 3 aromatic rings. The minimum absolute atomic E-state index is 0.0311. The van der Waals surface area contributed by atoms with E-state index in [1.54, 1.807) is 22.5 Å². The fourth-order valence-corrected chi connectivity index (χ4v) is 4.68. The van der Waals surface area contributed by atoms with Crippen LogP contribution in [0.1, 0.15) is 28.4 Å². The summed E-state index contributed by atoms with van der Waals surface area (Å²) in [5.41, 5.74) is 2.08. The standard InChI is InChI=1S/C21H16BrNO3S/c22-16-8-6-7-15(13-16)20-14-21(24)18-11-4-5-12-19(18)23(20)27(25)26-17-9-2-1-3-10-17/h1-13,20H,14H2/t20-,27+/m0/s1. The molecule has 1 aliphatic heterocycles. The monoisotopic (exact) mass is 441 g/mol. The largest absolute Gasteiger partial charge is 0.385 e. The highest BCUT2D eigenvalue weighted by atomic mass is 79.9. The van der Waals surface area contributed by atoms with Gasteiger partial charge in [0.15, 0.2) is 5.78 Å². The molecule has 3 aromatic carbocycles. The zero-order chi connectivity index (χ0) is 18.8. The number of ketones is 1. The van der Waals surface area contributed by atoms with Crippen LogP contribution < -0.4 is 8.49 Å². The van der Waals surface area contributed by atoms with Crippen LogP contribution >= 0.6 is 15.9 Å². The molecule has 4 nitrogen and oxygen atoms in total. The second-order valence-electron chi connectivity index (χ2n) is 6.15. The number of anilines is 1. The van der Waals surface area contributed by atoms with Gasteiger partial charge in [0.25, 0.3) is 0 Å². The van der Waals surface area contributed by atoms with Crippen LogP contribution in [0.3, 0.4) is 0 Å². The maximum Gasteiger partial charge on any atom is 0.319 e. The lowest BCUT2D eigenvalue weighted by Gasteiger charge is -2.36. The van der Waals surface area contributed by atoms with Gasteiger partial charge in [-0.3, -0.25) is 9.10 Å². The summed E-state index contributed by atoms with van der Waals surface area (Å²) in [6, 6.07) is 23.6. The van der Waals surface area contributed by atoms with Crippen molar-refractivity contribution in [2.24, 2.45) is 0 Å². The Kier molecular flexibility index (Phi) is 5.09. The maximum absolute atomic E-state index is 13.2. The first kappa shape index (κ1) is 17.9. The molecular formula is C21H16BrNO3S. The number of nitrogens with zero attached hydrogens (tertiary/aromatic N) is 1. The van der Waals surface area contributed by atoms with Gasteiger partial charge >= 0.3 is 11.3 Å². The first-order valence-electron chi connectivity index (χ1n) is 8.45. The number of fused-ring (bicyclic) bond motifs is 1. The Morgan fingerprint density at radius 3 is 2.48 bits per heavy atom. The van der Waals surface area contributed by atoms with Crippen molar-refractivity contribution in [1.29, 1.82) is 0 Å². The highest BCUT2D eigenvalue weighted by molar-refractivity contribution is 9.10. The predicted molar refractivity (Wildman–Crippen MR) is 110 cm³/mol. The van der Waals surface area contributed by atoms with E-state index in [2.05, 4.69) is 15.9 Å². The number of carbonyl (C=O) groups is 1. The summed E-state index contributed by atoms with van der Waals surface area (Å²) in [4.78, 5) is 12.7. The Morgan fingerprint density at radius 2 is 1.70 bits per heavy atom. The van der Waals surface area contributed by atoms with E-state index in [0.29, 0.717) is 17.0 Å². The average Bonchev–Trinajstić information content (AvgIpc) is 2.68. The van der Waals surface area contributed by atoms with E-state index in [9.17, 15) is 9.00 Å². The Bertz CT molecular complexity index is 1010. The van der Waals surface area contributed by atoms with Gasteiger partial charge < -0.3 is 4.18 Å². The number of hydrogen-bond acceptors (Lipinski definition) is 3. The van der Waals surface area contributed by atoms with E-state index in [1.807, 2.05) is 60.7 Å². The molecule has 0 bridgehead atoms. The zero-order valence-corrected chi connectivity index (χ0v) is 16.7. The number of hydrogen-bond donors (Lipinski definition) is 0. The van der Waals surface area contributed by atoms with Gasteiger partial charge in [-0.2, -0.15) is 4.21 Å². The van der Waals surface area contributed by atoms with Crippen LogP contribution in [0.5, 0.6) is 5.75 Å². The second kappa shape index (κ2) is 7.66. The summed E-state index contributed by atoms with van der Waals surface area (Å²) < 4.78 is 21.5. The summed E-state index contributed by atoms with van der Waals surface area (Å²) in [5, 5.41) is 0. The Morgan fingerprint density at radius 1 is 0.963 bits per heavy atom. The fourth-order valence-electron chi connectivity index (χ4n) is 3.19. The molecule has 0 saturated carbocycles. The Labute approximate surface area is 168 Å². The van der Waals surface area contributed by atoms with Gasteiger partial charge in [-0.05, 0) is 42.0 Å². The molecule has 0 aliphatic carbocycles. The third-order valence-electron chi connectivity index (χ3n) is 4.41. The molecular weight excluding hydrogens is 426 g/mol. The fraction of sp³-hybridized carbons (Fsp3) is 0.0952. The molecule has 1 aliphatic rings. The van der Waals surface area contributed by atoms with Gasteiger partial charge in [-0.15, -0.1) is 0 Å². The van der Waals surface area contributed by atoms with Crippen molar-refractivity contribution in [3.63, 3.8) is 0 Å². The molecule has 27 heavy (non-hydrogen) atoms. The first-order chi connectivity index (χ1) is 13.1. The van der Waals surface area contributed by atoms with Crippen LogP contribution in [-0.2, 0) is 11.3 Å².